The molecule has 3 fully saturated rings. The van der Waals surface area contributed by atoms with E-state index in [4.69, 9.17) is 9.72 Å². The Kier molecular flexibility index (Phi) is 6.33. The van der Waals surface area contributed by atoms with Gasteiger partial charge < -0.3 is 25.2 Å². The summed E-state index contributed by atoms with van der Waals surface area (Å²) < 4.78 is 32.3. The summed E-state index contributed by atoms with van der Waals surface area (Å²) in [4.78, 5) is 29.8. The van der Waals surface area contributed by atoms with Gasteiger partial charge in [0, 0.05) is 75.9 Å². The summed E-state index contributed by atoms with van der Waals surface area (Å²) in [6, 6.07) is 10.0. The van der Waals surface area contributed by atoms with E-state index in [2.05, 4.69) is 25.5 Å². The third-order valence-corrected chi connectivity index (χ3v) is 7.20. The maximum Gasteiger partial charge on any atom is 0.260 e. The molecule has 2 aliphatic heterocycles. The lowest BCUT2D eigenvalue weighted by Crippen LogP contribution is -2.49. The summed E-state index contributed by atoms with van der Waals surface area (Å²) >= 11 is 0. The van der Waals surface area contributed by atoms with E-state index in [0.717, 1.165) is 35.6 Å². The fraction of sp³-hybridized carbons (Fsp3) is 0.462. The van der Waals surface area contributed by atoms with E-state index >= 15 is 0 Å². The number of alkyl halides is 2. The Balaban J connectivity index is 1.15. The number of nitrogens with one attached hydrogen (secondary N) is 2. The summed E-state index contributed by atoms with van der Waals surface area (Å²) in [5.74, 6) is -3.69. The number of pyridine rings is 1. The van der Waals surface area contributed by atoms with Gasteiger partial charge in [-0.25, -0.2) is 18.7 Å². The third-order valence-electron chi connectivity index (χ3n) is 7.20. The molecule has 194 valence electrons. The van der Waals surface area contributed by atoms with Crippen molar-refractivity contribution >= 4 is 28.4 Å². The van der Waals surface area contributed by atoms with Crippen LogP contribution < -0.4 is 15.5 Å². The molecule has 6 rings (SSSR count). The number of piperazine rings is 1. The summed E-state index contributed by atoms with van der Waals surface area (Å²) in [5.41, 5.74) is 4.21. The van der Waals surface area contributed by atoms with E-state index in [0.29, 0.717) is 50.7 Å². The largest absolute Gasteiger partial charge is 0.374 e. The molecule has 11 heteroatoms. The highest BCUT2D eigenvalue weighted by molar-refractivity contribution is 5.88. The van der Waals surface area contributed by atoms with Crippen molar-refractivity contribution in [1.29, 1.82) is 0 Å². The number of carbonyl (C=O) groups excluding carboxylic acids is 1. The predicted molar refractivity (Wildman–Crippen MR) is 136 cm³/mol. The second-order valence-electron chi connectivity index (χ2n) is 9.73. The van der Waals surface area contributed by atoms with E-state index in [-0.39, 0.29) is 12.5 Å². The van der Waals surface area contributed by atoms with Crippen LogP contribution in [0, 0.1) is 5.92 Å². The van der Waals surface area contributed by atoms with Gasteiger partial charge in [-0.3, -0.25) is 9.78 Å². The molecule has 37 heavy (non-hydrogen) atoms. The second kappa shape index (κ2) is 9.79. The number of halogens is 2. The molecule has 0 spiro atoms. The van der Waals surface area contributed by atoms with Gasteiger partial charge in [0.1, 0.15) is 11.4 Å². The molecule has 2 unspecified atom stereocenters. The van der Waals surface area contributed by atoms with Crippen LogP contribution in [0.5, 0.6) is 0 Å². The van der Waals surface area contributed by atoms with Gasteiger partial charge in [-0.15, -0.1) is 0 Å². The number of anilines is 2. The number of aromatic nitrogens is 3. The number of nitrogens with zero attached hydrogens (tertiary/aromatic N) is 5. The van der Waals surface area contributed by atoms with E-state index in [1.165, 1.54) is 0 Å². The number of amides is 1. The molecular weight excluding hydrogens is 480 g/mol. The van der Waals surface area contributed by atoms with E-state index in [1.807, 2.05) is 30.3 Å². The Bertz CT molecular complexity index is 1280. The molecule has 2 saturated heterocycles. The second-order valence-corrected chi connectivity index (χ2v) is 9.73. The molecule has 3 aliphatic rings. The van der Waals surface area contributed by atoms with Crippen molar-refractivity contribution in [2.45, 2.75) is 18.4 Å². The maximum absolute atomic E-state index is 13.3. The van der Waals surface area contributed by atoms with Crippen LogP contribution in [0.3, 0.4) is 0 Å². The van der Waals surface area contributed by atoms with Gasteiger partial charge in [-0.2, -0.15) is 0 Å². The topological polar surface area (TPSA) is 95.5 Å². The van der Waals surface area contributed by atoms with Crippen LogP contribution in [0.25, 0.3) is 22.3 Å². The summed E-state index contributed by atoms with van der Waals surface area (Å²) in [7, 11) is 0. The van der Waals surface area contributed by atoms with Gasteiger partial charge >= 0.3 is 0 Å². The summed E-state index contributed by atoms with van der Waals surface area (Å²) in [6.45, 7) is 5.07. The summed E-state index contributed by atoms with van der Waals surface area (Å²) in [5, 5.41) is 6.73. The average molecular weight is 510 g/mol. The van der Waals surface area contributed by atoms with Crippen LogP contribution >= 0.6 is 0 Å². The molecule has 1 aromatic carbocycles. The van der Waals surface area contributed by atoms with Crippen molar-refractivity contribution in [3.8, 4) is 11.3 Å². The monoisotopic (exact) mass is 509 g/mol. The number of fused-ring (bicyclic) bond motifs is 1. The number of benzene rings is 1. The van der Waals surface area contributed by atoms with Crippen molar-refractivity contribution in [3.05, 3.63) is 42.7 Å². The highest BCUT2D eigenvalue weighted by Crippen LogP contribution is 2.49. The lowest BCUT2D eigenvalue weighted by molar-refractivity contribution is -0.135. The first-order valence-corrected chi connectivity index (χ1v) is 12.7. The minimum absolute atomic E-state index is 0.0572. The van der Waals surface area contributed by atoms with Crippen molar-refractivity contribution in [1.82, 2.24) is 25.2 Å². The van der Waals surface area contributed by atoms with Gasteiger partial charge in [0.2, 0.25) is 5.91 Å². The smallest absolute Gasteiger partial charge is 0.260 e. The van der Waals surface area contributed by atoms with Crippen molar-refractivity contribution < 1.29 is 18.3 Å². The first-order chi connectivity index (χ1) is 18.0. The number of rotatable bonds is 6. The zero-order valence-corrected chi connectivity index (χ0v) is 20.4. The molecule has 9 nitrogen and oxygen atoms in total. The Morgan fingerprint density at radius 1 is 1.14 bits per heavy atom. The standard InChI is InChI=1S/C26H29F2N7O2/c27-26(28)14-20(26)25(36)35-10-8-34(9-11-35)18-3-1-17(2-4-18)21-13-22-23(31-6-5-30-22)24(33-21)32-16-19-15-29-7-12-37-19/h1-6,13,19-20,29H,7-12,14-16H2,(H,32,33). The van der Waals surface area contributed by atoms with Gasteiger partial charge in [-0.05, 0) is 18.2 Å². The quantitative estimate of drug-likeness (QED) is 0.523. The summed E-state index contributed by atoms with van der Waals surface area (Å²) in [6.07, 6.45) is 3.07. The van der Waals surface area contributed by atoms with Crippen LogP contribution in [-0.2, 0) is 9.53 Å². The number of morpholine rings is 1. The first-order valence-electron chi connectivity index (χ1n) is 12.7. The number of hydrogen-bond donors (Lipinski definition) is 2. The molecule has 4 heterocycles. The van der Waals surface area contributed by atoms with Gasteiger partial charge in [0.15, 0.2) is 5.82 Å². The molecule has 0 radical (unpaired) electrons. The SMILES string of the molecule is O=C(C1CC1(F)F)N1CCN(c2ccc(-c3cc4nccnc4c(NCC4CNCCO4)n3)cc2)CC1. The first kappa shape index (κ1) is 23.9. The molecular formula is C26H29F2N7O2. The van der Waals surface area contributed by atoms with Crippen molar-refractivity contribution in [2.75, 3.05) is 62.6 Å². The number of carbonyl (C=O) groups is 1. The van der Waals surface area contributed by atoms with Crippen LogP contribution in [-0.4, -0.2) is 90.2 Å². The highest BCUT2D eigenvalue weighted by Gasteiger charge is 2.62. The normalized spacial score (nSPS) is 23.2. The third kappa shape index (κ3) is 5.05. The van der Waals surface area contributed by atoms with Crippen LogP contribution in [0.2, 0.25) is 0 Å². The Hall–Kier alpha value is -3.44. The number of ether oxygens (including phenoxy) is 1. The lowest BCUT2D eigenvalue weighted by atomic mass is 10.1. The lowest BCUT2D eigenvalue weighted by Gasteiger charge is -2.36. The molecule has 1 saturated carbocycles. The zero-order chi connectivity index (χ0) is 25.4. The fourth-order valence-electron chi connectivity index (χ4n) is 4.93. The van der Waals surface area contributed by atoms with Crippen molar-refractivity contribution in [3.63, 3.8) is 0 Å². The molecule has 2 aromatic heterocycles. The average Bonchev–Trinajstić information content (AvgIpc) is 3.59. The molecule has 1 amide bonds. The van der Waals surface area contributed by atoms with Gasteiger partial charge in [0.25, 0.3) is 5.92 Å². The fourth-order valence-corrected chi connectivity index (χ4v) is 4.93. The van der Waals surface area contributed by atoms with E-state index in [9.17, 15) is 13.6 Å². The molecule has 2 N–H and O–H groups in total. The van der Waals surface area contributed by atoms with Crippen LogP contribution in [0.1, 0.15) is 6.42 Å². The van der Waals surface area contributed by atoms with E-state index < -0.39 is 17.7 Å². The van der Waals surface area contributed by atoms with Crippen LogP contribution in [0.4, 0.5) is 20.3 Å². The Morgan fingerprint density at radius 2 is 1.89 bits per heavy atom. The minimum atomic E-state index is -2.82. The zero-order valence-electron chi connectivity index (χ0n) is 20.4. The number of hydrogen-bond acceptors (Lipinski definition) is 8. The van der Waals surface area contributed by atoms with Gasteiger partial charge in [-0.1, -0.05) is 12.1 Å². The maximum atomic E-state index is 13.3. The molecule has 1 aliphatic carbocycles. The van der Waals surface area contributed by atoms with E-state index in [1.54, 1.807) is 17.3 Å². The molecule has 3 aromatic rings. The minimum Gasteiger partial charge on any atom is -0.374 e. The van der Waals surface area contributed by atoms with Gasteiger partial charge in [0.05, 0.1) is 23.9 Å². The van der Waals surface area contributed by atoms with Crippen LogP contribution in [0.15, 0.2) is 42.7 Å². The highest BCUT2D eigenvalue weighted by atomic mass is 19.3. The Labute approximate surface area is 213 Å². The molecule has 2 atom stereocenters. The molecule has 0 bridgehead atoms. The van der Waals surface area contributed by atoms with Crippen molar-refractivity contribution in [2.24, 2.45) is 5.92 Å². The predicted octanol–water partition coefficient (Wildman–Crippen LogP) is 2.40. The Morgan fingerprint density at radius 3 is 2.59 bits per heavy atom.